The molecule has 1 amide bonds. The Balaban J connectivity index is 1.73. The quantitative estimate of drug-likeness (QED) is 0.314. The Hall–Kier alpha value is -2.55. The predicted molar refractivity (Wildman–Crippen MR) is 110 cm³/mol. The van der Waals surface area contributed by atoms with Gasteiger partial charge >= 0.3 is 0 Å². The molecule has 1 saturated heterocycles. The highest BCUT2D eigenvalue weighted by atomic mass is 32.2. The van der Waals surface area contributed by atoms with Crippen molar-refractivity contribution in [3.63, 3.8) is 0 Å². The van der Waals surface area contributed by atoms with Crippen molar-refractivity contribution in [1.29, 1.82) is 0 Å². The van der Waals surface area contributed by atoms with Gasteiger partial charge in [-0.3, -0.25) is 9.79 Å². The molecular weight excluding hydrogens is 380 g/mol. The van der Waals surface area contributed by atoms with Crippen molar-refractivity contribution in [2.24, 2.45) is 4.99 Å². The van der Waals surface area contributed by atoms with E-state index in [1.165, 1.54) is 0 Å². The molecule has 1 aromatic carbocycles. The van der Waals surface area contributed by atoms with E-state index in [1.54, 1.807) is 13.1 Å². The number of aliphatic imine (C=N–C) groups is 1. The molecule has 0 aromatic heterocycles. The minimum atomic E-state index is -3.00. The molecule has 3 N–H and O–H groups in total. The second kappa shape index (κ2) is 10.7. The van der Waals surface area contributed by atoms with Crippen LogP contribution in [0, 0.1) is 0 Å². The highest BCUT2D eigenvalue weighted by Crippen LogP contribution is 2.17. The zero-order valence-electron chi connectivity index (χ0n) is 16.1. The third-order valence-electron chi connectivity index (χ3n) is 4.24. The standard InChI is InChI=1S/C19H28N4O4S/c1-3-11-27-17-7-5-4-6-15(17)13-22-19(20-2)21-10-8-18(24)23-16-9-12-28(25,26)14-16/h3-7,16H,1,8-14H2,2H3,(H,23,24)(H2,20,21,22). The summed E-state index contributed by atoms with van der Waals surface area (Å²) >= 11 is 0. The Morgan fingerprint density at radius 2 is 2.14 bits per heavy atom. The molecule has 8 nitrogen and oxygen atoms in total. The molecule has 0 bridgehead atoms. The van der Waals surface area contributed by atoms with Crippen LogP contribution in [0.3, 0.4) is 0 Å². The second-order valence-electron chi connectivity index (χ2n) is 6.48. The first-order valence-corrected chi connectivity index (χ1v) is 11.0. The molecule has 0 radical (unpaired) electrons. The second-order valence-corrected chi connectivity index (χ2v) is 8.71. The van der Waals surface area contributed by atoms with Crippen molar-refractivity contribution < 1.29 is 17.9 Å². The van der Waals surface area contributed by atoms with Gasteiger partial charge < -0.3 is 20.7 Å². The van der Waals surface area contributed by atoms with Crippen molar-refractivity contribution in [1.82, 2.24) is 16.0 Å². The lowest BCUT2D eigenvalue weighted by Crippen LogP contribution is -2.41. The van der Waals surface area contributed by atoms with E-state index >= 15 is 0 Å². The number of para-hydroxylation sites is 1. The molecule has 1 heterocycles. The molecule has 1 fully saturated rings. The lowest BCUT2D eigenvalue weighted by Gasteiger charge is -2.15. The van der Waals surface area contributed by atoms with Gasteiger partial charge in [-0.1, -0.05) is 30.9 Å². The lowest BCUT2D eigenvalue weighted by molar-refractivity contribution is -0.121. The van der Waals surface area contributed by atoms with Gasteiger partial charge in [0.2, 0.25) is 5.91 Å². The third-order valence-corrected chi connectivity index (χ3v) is 6.01. The largest absolute Gasteiger partial charge is 0.489 e. The van der Waals surface area contributed by atoms with Crippen molar-refractivity contribution in [3.05, 3.63) is 42.5 Å². The average Bonchev–Trinajstić information content (AvgIpc) is 3.01. The van der Waals surface area contributed by atoms with Crippen molar-refractivity contribution in [3.8, 4) is 5.75 Å². The zero-order chi connectivity index (χ0) is 20.4. The van der Waals surface area contributed by atoms with E-state index in [1.807, 2.05) is 24.3 Å². The molecule has 9 heteroatoms. The summed E-state index contributed by atoms with van der Waals surface area (Å²) in [6.07, 6.45) is 2.41. The number of hydrogen-bond donors (Lipinski definition) is 3. The molecular formula is C19H28N4O4S. The molecule has 0 spiro atoms. The lowest BCUT2D eigenvalue weighted by atomic mass is 10.2. The number of carbonyl (C=O) groups is 1. The van der Waals surface area contributed by atoms with Gasteiger partial charge in [-0.2, -0.15) is 0 Å². The van der Waals surface area contributed by atoms with Gasteiger partial charge in [0.05, 0.1) is 11.5 Å². The van der Waals surface area contributed by atoms with Gasteiger partial charge in [0.1, 0.15) is 12.4 Å². The summed E-state index contributed by atoms with van der Waals surface area (Å²) in [4.78, 5) is 16.1. The molecule has 28 heavy (non-hydrogen) atoms. The van der Waals surface area contributed by atoms with Crippen molar-refractivity contribution >= 4 is 21.7 Å². The van der Waals surface area contributed by atoms with Gasteiger partial charge in [0.25, 0.3) is 0 Å². The van der Waals surface area contributed by atoms with Gasteiger partial charge in [-0.05, 0) is 12.5 Å². The fourth-order valence-corrected chi connectivity index (χ4v) is 4.52. The molecule has 1 aliphatic heterocycles. The Bertz CT molecular complexity index is 808. The molecule has 154 valence electrons. The van der Waals surface area contributed by atoms with Crippen LogP contribution in [-0.2, 0) is 21.2 Å². The molecule has 0 saturated carbocycles. The number of carbonyl (C=O) groups excluding carboxylic acids is 1. The Morgan fingerprint density at radius 3 is 2.82 bits per heavy atom. The van der Waals surface area contributed by atoms with Crippen LogP contribution in [-0.4, -0.2) is 58.0 Å². The maximum absolute atomic E-state index is 12.0. The van der Waals surface area contributed by atoms with E-state index in [9.17, 15) is 13.2 Å². The molecule has 1 atom stereocenters. The number of nitrogens with one attached hydrogen (secondary N) is 3. The Labute approximate surface area is 166 Å². The fourth-order valence-electron chi connectivity index (χ4n) is 2.84. The predicted octanol–water partition coefficient (Wildman–Crippen LogP) is 0.610. The van der Waals surface area contributed by atoms with Crippen LogP contribution in [0.25, 0.3) is 0 Å². The molecule has 1 unspecified atom stereocenters. The third kappa shape index (κ3) is 7.22. The van der Waals surface area contributed by atoms with E-state index in [-0.39, 0.29) is 29.9 Å². The van der Waals surface area contributed by atoms with Crippen molar-refractivity contribution in [2.45, 2.75) is 25.4 Å². The Kier molecular flexibility index (Phi) is 8.31. The number of nitrogens with zero attached hydrogens (tertiary/aromatic N) is 1. The van der Waals surface area contributed by atoms with E-state index < -0.39 is 9.84 Å². The van der Waals surface area contributed by atoms with Crippen LogP contribution in [0.2, 0.25) is 0 Å². The summed E-state index contributed by atoms with van der Waals surface area (Å²) < 4.78 is 28.5. The maximum Gasteiger partial charge on any atom is 0.222 e. The van der Waals surface area contributed by atoms with Crippen molar-refractivity contribution in [2.75, 3.05) is 31.7 Å². The minimum absolute atomic E-state index is 0.0305. The summed E-state index contributed by atoms with van der Waals surface area (Å²) in [7, 11) is -1.35. The molecule has 1 aromatic rings. The smallest absolute Gasteiger partial charge is 0.222 e. The minimum Gasteiger partial charge on any atom is -0.489 e. The summed E-state index contributed by atoms with van der Waals surface area (Å²) in [5.74, 6) is 1.34. The van der Waals surface area contributed by atoms with E-state index in [0.29, 0.717) is 32.1 Å². The van der Waals surface area contributed by atoms with Crippen LogP contribution in [0.4, 0.5) is 0 Å². The van der Waals surface area contributed by atoms with Crippen LogP contribution in [0.5, 0.6) is 5.75 Å². The first-order valence-electron chi connectivity index (χ1n) is 9.19. The molecule has 2 rings (SSSR count). The van der Waals surface area contributed by atoms with Gasteiger partial charge in [-0.25, -0.2) is 8.42 Å². The number of rotatable bonds is 9. The monoisotopic (exact) mass is 408 g/mol. The number of ether oxygens (including phenoxy) is 1. The highest BCUT2D eigenvalue weighted by molar-refractivity contribution is 7.91. The van der Waals surface area contributed by atoms with Gasteiger partial charge in [0.15, 0.2) is 15.8 Å². The van der Waals surface area contributed by atoms with Crippen LogP contribution >= 0.6 is 0 Å². The van der Waals surface area contributed by atoms with Crippen LogP contribution in [0.1, 0.15) is 18.4 Å². The SMILES string of the molecule is C=CCOc1ccccc1CNC(=NC)NCCC(=O)NC1CCS(=O)(=O)C1. The zero-order valence-corrected chi connectivity index (χ0v) is 16.9. The van der Waals surface area contributed by atoms with E-state index in [4.69, 9.17) is 4.74 Å². The number of amides is 1. The molecule has 0 aliphatic carbocycles. The number of guanidine groups is 1. The first-order chi connectivity index (χ1) is 13.4. The van der Waals surface area contributed by atoms with Crippen LogP contribution < -0.4 is 20.7 Å². The fraction of sp³-hybridized carbons (Fsp3) is 0.474. The first kappa shape index (κ1) is 21.7. The highest BCUT2D eigenvalue weighted by Gasteiger charge is 2.28. The normalized spacial score (nSPS) is 18.3. The maximum atomic E-state index is 12.0. The number of benzene rings is 1. The van der Waals surface area contributed by atoms with Gasteiger partial charge in [0, 0.05) is 38.2 Å². The van der Waals surface area contributed by atoms with E-state index in [0.717, 1.165) is 11.3 Å². The number of sulfone groups is 1. The van der Waals surface area contributed by atoms with Crippen LogP contribution in [0.15, 0.2) is 41.9 Å². The molecule has 1 aliphatic rings. The van der Waals surface area contributed by atoms with E-state index in [2.05, 4.69) is 27.5 Å². The average molecular weight is 409 g/mol. The topological polar surface area (TPSA) is 109 Å². The summed E-state index contributed by atoms with van der Waals surface area (Å²) in [5, 5.41) is 9.03. The Morgan fingerprint density at radius 1 is 1.36 bits per heavy atom. The number of hydrogen-bond acceptors (Lipinski definition) is 5. The van der Waals surface area contributed by atoms with Gasteiger partial charge in [-0.15, -0.1) is 0 Å². The summed E-state index contributed by atoms with van der Waals surface area (Å²) in [6.45, 7) is 4.98. The summed E-state index contributed by atoms with van der Waals surface area (Å²) in [5.41, 5.74) is 0.979. The summed E-state index contributed by atoms with van der Waals surface area (Å²) in [6, 6.07) is 7.42.